The van der Waals surface area contributed by atoms with E-state index in [1.54, 1.807) is 14.2 Å². The van der Waals surface area contributed by atoms with Crippen LogP contribution in [-0.4, -0.2) is 48.4 Å². The van der Waals surface area contributed by atoms with E-state index in [2.05, 4.69) is 20.4 Å². The van der Waals surface area contributed by atoms with Crippen LogP contribution < -0.4 is 14.8 Å². The topological polar surface area (TPSA) is 72.7 Å². The summed E-state index contributed by atoms with van der Waals surface area (Å²) < 4.78 is 15.7. The molecule has 2 heterocycles. The normalized spacial score (nSPS) is 18.4. The van der Waals surface area contributed by atoms with Crippen LogP contribution in [-0.2, 0) is 6.54 Å². The number of methoxy groups -OCH3 is 2. The minimum atomic E-state index is 0.364. The molecule has 130 valence electrons. The third-order valence-electron chi connectivity index (χ3n) is 4.16. The second-order valence-electron chi connectivity index (χ2n) is 6.05. The number of benzene rings is 1. The molecule has 1 fully saturated rings. The number of aryl methyl sites for hydroxylation is 1. The summed E-state index contributed by atoms with van der Waals surface area (Å²) >= 11 is 0. The minimum Gasteiger partial charge on any atom is -0.497 e. The molecule has 1 atom stereocenters. The van der Waals surface area contributed by atoms with Crippen molar-refractivity contribution in [1.82, 2.24) is 15.0 Å². The van der Waals surface area contributed by atoms with Gasteiger partial charge in [-0.15, -0.1) is 0 Å². The van der Waals surface area contributed by atoms with E-state index in [0.29, 0.717) is 11.9 Å². The Balaban J connectivity index is 1.62. The molecule has 1 unspecified atom stereocenters. The number of rotatable bonds is 6. The van der Waals surface area contributed by atoms with Crippen LogP contribution in [0.4, 0.5) is 5.69 Å². The highest BCUT2D eigenvalue weighted by molar-refractivity contribution is 5.54. The molecule has 1 aromatic heterocycles. The van der Waals surface area contributed by atoms with Gasteiger partial charge in [-0.3, -0.25) is 4.90 Å². The Morgan fingerprint density at radius 3 is 2.62 bits per heavy atom. The molecule has 0 spiro atoms. The van der Waals surface area contributed by atoms with Crippen LogP contribution >= 0.6 is 0 Å². The van der Waals surface area contributed by atoms with Crippen LogP contribution in [0.25, 0.3) is 0 Å². The van der Waals surface area contributed by atoms with Crippen LogP contribution in [0.2, 0.25) is 0 Å². The van der Waals surface area contributed by atoms with Crippen molar-refractivity contribution in [3.8, 4) is 11.5 Å². The highest BCUT2D eigenvalue weighted by atomic mass is 16.5. The lowest BCUT2D eigenvalue weighted by Gasteiger charge is -2.33. The maximum Gasteiger partial charge on any atom is 0.223 e. The van der Waals surface area contributed by atoms with E-state index in [0.717, 1.165) is 55.5 Å². The summed E-state index contributed by atoms with van der Waals surface area (Å²) in [6, 6.07) is 6.22. The lowest BCUT2D eigenvalue weighted by atomic mass is 10.1. The molecule has 1 aliphatic heterocycles. The summed E-state index contributed by atoms with van der Waals surface area (Å²) in [4.78, 5) is 6.64. The van der Waals surface area contributed by atoms with Crippen LogP contribution in [0.15, 0.2) is 22.7 Å². The Bertz CT molecular complexity index is 651. The van der Waals surface area contributed by atoms with Gasteiger partial charge in [0.1, 0.15) is 11.5 Å². The monoisotopic (exact) mass is 332 g/mol. The molecule has 1 N–H and O–H groups in total. The first-order valence-electron chi connectivity index (χ1n) is 8.17. The van der Waals surface area contributed by atoms with Crippen molar-refractivity contribution in [3.63, 3.8) is 0 Å². The summed E-state index contributed by atoms with van der Waals surface area (Å²) in [5, 5.41) is 7.57. The third kappa shape index (κ3) is 4.17. The molecule has 7 nitrogen and oxygen atoms in total. The van der Waals surface area contributed by atoms with E-state index in [1.165, 1.54) is 0 Å². The lowest BCUT2D eigenvalue weighted by molar-refractivity contribution is 0.201. The number of piperidine rings is 1. The van der Waals surface area contributed by atoms with Gasteiger partial charge in [-0.2, -0.15) is 4.98 Å². The van der Waals surface area contributed by atoms with Gasteiger partial charge in [0.05, 0.1) is 20.8 Å². The van der Waals surface area contributed by atoms with Gasteiger partial charge in [0, 0.05) is 43.4 Å². The van der Waals surface area contributed by atoms with Crippen molar-refractivity contribution < 1.29 is 14.0 Å². The van der Waals surface area contributed by atoms with E-state index in [1.807, 2.05) is 25.1 Å². The number of aromatic nitrogens is 2. The maximum atomic E-state index is 5.33. The van der Waals surface area contributed by atoms with Gasteiger partial charge in [-0.25, -0.2) is 0 Å². The first-order valence-corrected chi connectivity index (χ1v) is 8.17. The Kier molecular flexibility index (Phi) is 5.20. The Hall–Kier alpha value is -2.28. The molecule has 3 rings (SSSR count). The highest BCUT2D eigenvalue weighted by Gasteiger charge is 2.21. The Morgan fingerprint density at radius 1 is 1.25 bits per heavy atom. The second kappa shape index (κ2) is 7.53. The van der Waals surface area contributed by atoms with E-state index in [4.69, 9.17) is 14.0 Å². The van der Waals surface area contributed by atoms with Gasteiger partial charge >= 0.3 is 0 Å². The summed E-state index contributed by atoms with van der Waals surface area (Å²) in [6.07, 6.45) is 2.26. The summed E-state index contributed by atoms with van der Waals surface area (Å²) in [5.74, 6) is 2.93. The zero-order valence-corrected chi connectivity index (χ0v) is 14.4. The molecule has 0 bridgehead atoms. The van der Waals surface area contributed by atoms with Gasteiger partial charge in [0.25, 0.3) is 0 Å². The molecule has 7 heteroatoms. The largest absolute Gasteiger partial charge is 0.497 e. The Morgan fingerprint density at radius 2 is 2.00 bits per heavy atom. The van der Waals surface area contributed by atoms with E-state index in [-0.39, 0.29) is 0 Å². The number of anilines is 1. The standard InChI is InChI=1S/C17H24N4O3/c1-12-18-17(20-24-12)11-21-6-4-5-13(10-21)19-14-7-15(22-2)9-16(8-14)23-3/h7-9,13,19H,4-6,10-11H2,1-3H3. The zero-order chi connectivity index (χ0) is 16.9. The average Bonchev–Trinajstić information content (AvgIpc) is 2.99. The maximum absolute atomic E-state index is 5.33. The quantitative estimate of drug-likeness (QED) is 0.871. The molecule has 0 radical (unpaired) electrons. The molecule has 1 aliphatic rings. The predicted molar refractivity (Wildman–Crippen MR) is 90.5 cm³/mol. The first-order chi connectivity index (χ1) is 11.7. The van der Waals surface area contributed by atoms with Crippen molar-refractivity contribution in [2.24, 2.45) is 0 Å². The van der Waals surface area contributed by atoms with Gasteiger partial charge in [-0.05, 0) is 19.4 Å². The lowest BCUT2D eigenvalue weighted by Crippen LogP contribution is -2.41. The molecule has 1 saturated heterocycles. The fourth-order valence-corrected chi connectivity index (χ4v) is 3.05. The van der Waals surface area contributed by atoms with Crippen molar-refractivity contribution >= 4 is 5.69 Å². The van der Waals surface area contributed by atoms with Crippen LogP contribution in [0.3, 0.4) is 0 Å². The van der Waals surface area contributed by atoms with Crippen molar-refractivity contribution in [1.29, 1.82) is 0 Å². The van der Waals surface area contributed by atoms with Gasteiger partial charge in [0.2, 0.25) is 5.89 Å². The highest BCUT2D eigenvalue weighted by Crippen LogP contribution is 2.27. The summed E-state index contributed by atoms with van der Waals surface area (Å²) in [6.45, 7) is 4.52. The Labute approximate surface area is 141 Å². The van der Waals surface area contributed by atoms with Gasteiger partial charge < -0.3 is 19.3 Å². The average molecular weight is 332 g/mol. The third-order valence-corrected chi connectivity index (χ3v) is 4.16. The molecular weight excluding hydrogens is 308 g/mol. The van der Waals surface area contributed by atoms with Gasteiger partial charge in [0.15, 0.2) is 5.82 Å². The first kappa shape index (κ1) is 16.6. The zero-order valence-electron chi connectivity index (χ0n) is 14.4. The number of nitrogens with zero attached hydrogens (tertiary/aromatic N) is 3. The molecule has 24 heavy (non-hydrogen) atoms. The minimum absolute atomic E-state index is 0.364. The predicted octanol–water partition coefficient (Wildman–Crippen LogP) is 2.47. The number of hydrogen-bond donors (Lipinski definition) is 1. The summed E-state index contributed by atoms with van der Waals surface area (Å²) in [5.41, 5.74) is 1.01. The van der Waals surface area contributed by atoms with E-state index < -0.39 is 0 Å². The SMILES string of the molecule is COc1cc(NC2CCCN(Cc3noc(C)n3)C2)cc(OC)c1. The molecule has 0 amide bonds. The number of hydrogen-bond acceptors (Lipinski definition) is 7. The summed E-state index contributed by atoms with van der Waals surface area (Å²) in [7, 11) is 3.32. The van der Waals surface area contributed by atoms with Crippen LogP contribution in [0.5, 0.6) is 11.5 Å². The van der Waals surface area contributed by atoms with Crippen molar-refractivity contribution in [2.45, 2.75) is 32.4 Å². The molecule has 0 aliphatic carbocycles. The van der Waals surface area contributed by atoms with Crippen LogP contribution in [0, 0.1) is 6.92 Å². The van der Waals surface area contributed by atoms with Crippen molar-refractivity contribution in [3.05, 3.63) is 29.9 Å². The smallest absolute Gasteiger partial charge is 0.223 e. The molecule has 2 aromatic rings. The fourth-order valence-electron chi connectivity index (χ4n) is 3.05. The van der Waals surface area contributed by atoms with E-state index in [9.17, 15) is 0 Å². The fraction of sp³-hybridized carbons (Fsp3) is 0.529. The van der Waals surface area contributed by atoms with E-state index >= 15 is 0 Å². The van der Waals surface area contributed by atoms with Gasteiger partial charge in [-0.1, -0.05) is 5.16 Å². The molecule has 1 aromatic carbocycles. The number of likely N-dealkylation sites (tertiary alicyclic amines) is 1. The van der Waals surface area contributed by atoms with Crippen LogP contribution in [0.1, 0.15) is 24.6 Å². The second-order valence-corrected chi connectivity index (χ2v) is 6.05. The molecular formula is C17H24N4O3. The number of ether oxygens (including phenoxy) is 2. The van der Waals surface area contributed by atoms with Crippen molar-refractivity contribution in [2.75, 3.05) is 32.6 Å². The number of nitrogens with one attached hydrogen (secondary N) is 1. The molecule has 0 saturated carbocycles.